The highest BCUT2D eigenvalue weighted by molar-refractivity contribution is 5.90. The quantitative estimate of drug-likeness (QED) is 0.726. The van der Waals surface area contributed by atoms with Crippen LogP contribution in [0.1, 0.15) is 35.6 Å². The Balaban J connectivity index is 1.51. The number of piperidine rings is 1. The lowest BCUT2D eigenvalue weighted by Crippen LogP contribution is -2.43. The van der Waals surface area contributed by atoms with Gasteiger partial charge in [-0.2, -0.15) is 4.98 Å². The SMILES string of the molecule is Cc1nc(N2CCC[C@@H](C(=O)NCc3cccc(F)c3)C2)c2c(C)c(C)oc2n1. The molecule has 4 rings (SSSR count). The van der Waals surface area contributed by atoms with Crippen LogP contribution in [0.5, 0.6) is 0 Å². The van der Waals surface area contributed by atoms with Crippen LogP contribution in [0.15, 0.2) is 28.7 Å². The van der Waals surface area contributed by atoms with Crippen LogP contribution in [-0.2, 0) is 11.3 Å². The van der Waals surface area contributed by atoms with Crippen LogP contribution in [0.4, 0.5) is 10.2 Å². The van der Waals surface area contributed by atoms with E-state index in [-0.39, 0.29) is 17.6 Å². The molecule has 1 amide bonds. The van der Waals surface area contributed by atoms with Gasteiger partial charge in [0.15, 0.2) is 0 Å². The largest absolute Gasteiger partial charge is 0.443 e. The van der Waals surface area contributed by atoms with Crippen LogP contribution < -0.4 is 10.2 Å². The molecule has 1 fully saturated rings. The number of amides is 1. The maximum atomic E-state index is 13.3. The zero-order valence-electron chi connectivity index (χ0n) is 17.0. The average Bonchev–Trinajstić information content (AvgIpc) is 2.99. The molecule has 1 atom stereocenters. The lowest BCUT2D eigenvalue weighted by atomic mass is 9.96. The standard InChI is InChI=1S/C22H25FN4O2/c1-13-14(2)29-22-19(13)20(25-15(3)26-22)27-9-5-7-17(12-27)21(28)24-11-16-6-4-8-18(23)10-16/h4,6,8,10,17H,5,7,9,11-12H2,1-3H3,(H,24,28)/t17-/m1/s1. The van der Waals surface area contributed by atoms with Crippen LogP contribution in [0.25, 0.3) is 11.1 Å². The molecule has 0 saturated carbocycles. The van der Waals surface area contributed by atoms with Crippen LogP contribution in [0, 0.1) is 32.5 Å². The molecule has 3 heterocycles. The van der Waals surface area contributed by atoms with Gasteiger partial charge in [-0.3, -0.25) is 4.79 Å². The van der Waals surface area contributed by atoms with E-state index in [1.165, 1.54) is 12.1 Å². The number of aromatic nitrogens is 2. The molecule has 1 aliphatic heterocycles. The van der Waals surface area contributed by atoms with Crippen molar-refractivity contribution in [2.75, 3.05) is 18.0 Å². The molecule has 0 bridgehead atoms. The van der Waals surface area contributed by atoms with E-state index in [2.05, 4.69) is 20.2 Å². The highest BCUT2D eigenvalue weighted by atomic mass is 19.1. The van der Waals surface area contributed by atoms with Gasteiger partial charge in [-0.25, -0.2) is 9.37 Å². The molecule has 1 saturated heterocycles. The summed E-state index contributed by atoms with van der Waals surface area (Å²) in [5, 5.41) is 3.87. The summed E-state index contributed by atoms with van der Waals surface area (Å²) in [6, 6.07) is 6.30. The van der Waals surface area contributed by atoms with Gasteiger partial charge >= 0.3 is 0 Å². The first-order valence-corrected chi connectivity index (χ1v) is 9.94. The van der Waals surface area contributed by atoms with Crippen LogP contribution in [0.3, 0.4) is 0 Å². The molecule has 6 nitrogen and oxygen atoms in total. The summed E-state index contributed by atoms with van der Waals surface area (Å²) in [5.41, 5.74) is 2.39. The van der Waals surface area contributed by atoms with Gasteiger partial charge in [0.05, 0.1) is 11.3 Å². The van der Waals surface area contributed by atoms with Crippen molar-refractivity contribution in [3.8, 4) is 0 Å². The molecule has 1 N–H and O–H groups in total. The summed E-state index contributed by atoms with van der Waals surface area (Å²) in [6.07, 6.45) is 1.72. The van der Waals surface area contributed by atoms with E-state index in [0.717, 1.165) is 47.5 Å². The molecule has 1 aliphatic rings. The van der Waals surface area contributed by atoms with Crippen molar-refractivity contribution < 1.29 is 13.6 Å². The molecule has 29 heavy (non-hydrogen) atoms. The number of nitrogens with one attached hydrogen (secondary N) is 1. The van der Waals surface area contributed by atoms with E-state index in [4.69, 9.17) is 4.42 Å². The smallest absolute Gasteiger partial charge is 0.231 e. The molecule has 2 aromatic heterocycles. The lowest BCUT2D eigenvalue weighted by Gasteiger charge is -2.33. The number of nitrogens with zero attached hydrogens (tertiary/aromatic N) is 3. The van der Waals surface area contributed by atoms with Crippen LogP contribution >= 0.6 is 0 Å². The molecular formula is C22H25FN4O2. The van der Waals surface area contributed by atoms with Gasteiger partial charge in [0.1, 0.15) is 23.2 Å². The summed E-state index contributed by atoms with van der Waals surface area (Å²) in [4.78, 5) is 24.0. The average molecular weight is 396 g/mol. The Kier molecular flexibility index (Phi) is 5.22. The summed E-state index contributed by atoms with van der Waals surface area (Å²) >= 11 is 0. The summed E-state index contributed by atoms with van der Waals surface area (Å²) in [7, 11) is 0. The summed E-state index contributed by atoms with van der Waals surface area (Å²) in [5.74, 6) is 1.87. The fraction of sp³-hybridized carbons (Fsp3) is 0.409. The molecule has 0 radical (unpaired) electrons. The van der Waals surface area contributed by atoms with E-state index < -0.39 is 0 Å². The van der Waals surface area contributed by atoms with Gasteiger partial charge in [0, 0.05) is 25.2 Å². The first kappa shape index (κ1) is 19.4. The number of rotatable bonds is 4. The minimum Gasteiger partial charge on any atom is -0.443 e. The van der Waals surface area contributed by atoms with Crippen molar-refractivity contribution in [2.45, 2.75) is 40.2 Å². The minimum absolute atomic E-state index is 0.0129. The molecular weight excluding hydrogens is 371 g/mol. The molecule has 3 aromatic rings. The number of furan rings is 1. The molecule has 1 aromatic carbocycles. The second-order valence-electron chi connectivity index (χ2n) is 7.69. The Labute approximate surface area is 169 Å². The van der Waals surface area contributed by atoms with Crippen molar-refractivity contribution in [3.05, 3.63) is 52.8 Å². The number of fused-ring (bicyclic) bond motifs is 1. The minimum atomic E-state index is -0.297. The first-order chi connectivity index (χ1) is 13.9. The second kappa shape index (κ2) is 7.81. The Morgan fingerprint density at radius 2 is 2.14 bits per heavy atom. The normalized spacial score (nSPS) is 17.0. The van der Waals surface area contributed by atoms with Gasteiger partial charge in [-0.05, 0) is 51.3 Å². The van der Waals surface area contributed by atoms with E-state index in [1.807, 2.05) is 20.8 Å². The fourth-order valence-electron chi connectivity index (χ4n) is 3.93. The lowest BCUT2D eigenvalue weighted by molar-refractivity contribution is -0.125. The third-order valence-electron chi connectivity index (χ3n) is 5.57. The zero-order valence-corrected chi connectivity index (χ0v) is 17.0. The predicted octanol–water partition coefficient (Wildman–Crippen LogP) is 3.82. The number of halogens is 1. The topological polar surface area (TPSA) is 71.3 Å². The Bertz CT molecular complexity index is 1060. The Morgan fingerprint density at radius 3 is 2.93 bits per heavy atom. The molecule has 7 heteroatoms. The van der Waals surface area contributed by atoms with Crippen molar-refractivity contribution in [1.29, 1.82) is 0 Å². The van der Waals surface area contributed by atoms with Crippen molar-refractivity contribution in [3.63, 3.8) is 0 Å². The zero-order chi connectivity index (χ0) is 20.5. The number of hydrogen-bond donors (Lipinski definition) is 1. The van der Waals surface area contributed by atoms with Crippen LogP contribution in [-0.4, -0.2) is 29.0 Å². The summed E-state index contributed by atoms with van der Waals surface area (Å²) < 4.78 is 19.1. The Hall–Kier alpha value is -2.96. The van der Waals surface area contributed by atoms with Gasteiger partial charge < -0.3 is 14.6 Å². The Morgan fingerprint density at radius 1 is 1.31 bits per heavy atom. The number of aryl methyl sites for hydroxylation is 3. The van der Waals surface area contributed by atoms with Crippen molar-refractivity contribution >= 4 is 22.8 Å². The fourth-order valence-corrected chi connectivity index (χ4v) is 3.93. The molecule has 152 valence electrons. The highest BCUT2D eigenvalue weighted by Gasteiger charge is 2.29. The molecule has 0 aliphatic carbocycles. The number of hydrogen-bond acceptors (Lipinski definition) is 5. The number of carbonyl (C=O) groups excluding carboxylic acids is 1. The number of carbonyl (C=O) groups is 1. The van der Waals surface area contributed by atoms with Gasteiger partial charge in [0.2, 0.25) is 11.6 Å². The van der Waals surface area contributed by atoms with E-state index >= 15 is 0 Å². The third-order valence-corrected chi connectivity index (χ3v) is 5.57. The predicted molar refractivity (Wildman–Crippen MR) is 109 cm³/mol. The second-order valence-corrected chi connectivity index (χ2v) is 7.69. The third kappa shape index (κ3) is 3.95. The first-order valence-electron chi connectivity index (χ1n) is 9.94. The highest BCUT2D eigenvalue weighted by Crippen LogP contribution is 2.33. The maximum Gasteiger partial charge on any atom is 0.231 e. The van der Waals surface area contributed by atoms with Crippen molar-refractivity contribution in [1.82, 2.24) is 15.3 Å². The monoisotopic (exact) mass is 396 g/mol. The molecule has 0 unspecified atom stereocenters. The van der Waals surface area contributed by atoms with E-state index in [0.29, 0.717) is 24.6 Å². The van der Waals surface area contributed by atoms with Crippen LogP contribution in [0.2, 0.25) is 0 Å². The molecule has 0 spiro atoms. The summed E-state index contributed by atoms with van der Waals surface area (Å²) in [6.45, 7) is 7.53. The van der Waals surface area contributed by atoms with Crippen molar-refractivity contribution in [2.24, 2.45) is 5.92 Å². The number of benzene rings is 1. The maximum absolute atomic E-state index is 13.3. The van der Waals surface area contributed by atoms with Gasteiger partial charge in [-0.15, -0.1) is 0 Å². The number of anilines is 1. The van der Waals surface area contributed by atoms with Gasteiger partial charge in [-0.1, -0.05) is 12.1 Å². The van der Waals surface area contributed by atoms with Gasteiger partial charge in [0.25, 0.3) is 0 Å². The van der Waals surface area contributed by atoms with E-state index in [9.17, 15) is 9.18 Å². The van der Waals surface area contributed by atoms with E-state index in [1.54, 1.807) is 12.1 Å².